The van der Waals surface area contributed by atoms with Crippen LogP contribution in [0.5, 0.6) is 11.5 Å². The molecule has 3 nitrogen and oxygen atoms in total. The standard InChI is InChI=1S/C27H36O3/c1-6-20-15-18-26(29-22(7-2)8-3)21(19-20)16-17-25(28)24-13-11-12-14-27(24)30-23(9-4)10-5/h11-19,22-23H,6-10H2,1-5H3/b17-16+. The van der Waals surface area contributed by atoms with Crippen LogP contribution in [-0.4, -0.2) is 18.0 Å². The average molecular weight is 409 g/mol. The quantitative estimate of drug-likeness (QED) is 0.273. The number of ether oxygens (including phenoxy) is 2. The van der Waals surface area contributed by atoms with Gasteiger partial charge in [-0.2, -0.15) is 0 Å². The molecule has 2 rings (SSSR count). The summed E-state index contributed by atoms with van der Waals surface area (Å²) in [5.74, 6) is 1.41. The minimum Gasteiger partial charge on any atom is -0.490 e. The van der Waals surface area contributed by atoms with Gasteiger partial charge in [-0.25, -0.2) is 0 Å². The molecule has 30 heavy (non-hydrogen) atoms. The predicted molar refractivity (Wildman–Crippen MR) is 126 cm³/mol. The van der Waals surface area contributed by atoms with Crippen molar-refractivity contribution < 1.29 is 14.3 Å². The fraction of sp³-hybridized carbons (Fsp3) is 0.444. The normalized spacial score (nSPS) is 11.4. The first-order valence-corrected chi connectivity index (χ1v) is 11.3. The molecule has 0 atom stereocenters. The summed E-state index contributed by atoms with van der Waals surface area (Å²) < 4.78 is 12.3. The molecular formula is C27H36O3. The Morgan fingerprint density at radius 1 is 0.833 bits per heavy atom. The van der Waals surface area contributed by atoms with E-state index < -0.39 is 0 Å². The van der Waals surface area contributed by atoms with Gasteiger partial charge in [-0.1, -0.05) is 52.8 Å². The van der Waals surface area contributed by atoms with Gasteiger partial charge >= 0.3 is 0 Å². The topological polar surface area (TPSA) is 35.5 Å². The first-order chi connectivity index (χ1) is 14.6. The number of carbonyl (C=O) groups excluding carboxylic acids is 1. The molecule has 3 heteroatoms. The molecule has 0 saturated carbocycles. The zero-order valence-electron chi connectivity index (χ0n) is 19.1. The molecule has 0 aromatic heterocycles. The van der Waals surface area contributed by atoms with E-state index in [1.165, 1.54) is 5.56 Å². The van der Waals surface area contributed by atoms with Gasteiger partial charge < -0.3 is 9.47 Å². The number of rotatable bonds is 12. The molecule has 0 unspecified atom stereocenters. The highest BCUT2D eigenvalue weighted by atomic mass is 16.5. The molecular weight excluding hydrogens is 372 g/mol. The molecule has 2 aromatic carbocycles. The van der Waals surface area contributed by atoms with Crippen LogP contribution < -0.4 is 9.47 Å². The molecule has 0 fully saturated rings. The highest BCUT2D eigenvalue weighted by Crippen LogP contribution is 2.26. The second-order valence-corrected chi connectivity index (χ2v) is 7.53. The maximum Gasteiger partial charge on any atom is 0.189 e. The number of hydrogen-bond donors (Lipinski definition) is 0. The van der Waals surface area contributed by atoms with E-state index in [4.69, 9.17) is 9.47 Å². The third kappa shape index (κ3) is 6.48. The lowest BCUT2D eigenvalue weighted by atomic mass is 10.0. The molecule has 0 amide bonds. The summed E-state index contributed by atoms with van der Waals surface area (Å²) in [4.78, 5) is 13.0. The molecule has 0 spiro atoms. The van der Waals surface area contributed by atoms with Crippen molar-refractivity contribution >= 4 is 11.9 Å². The van der Waals surface area contributed by atoms with Crippen LogP contribution in [0, 0.1) is 0 Å². The van der Waals surface area contributed by atoms with Crippen molar-refractivity contribution in [1.82, 2.24) is 0 Å². The number of aryl methyl sites for hydroxylation is 1. The van der Waals surface area contributed by atoms with E-state index in [2.05, 4.69) is 46.8 Å². The van der Waals surface area contributed by atoms with Crippen LogP contribution in [0.4, 0.5) is 0 Å². The largest absolute Gasteiger partial charge is 0.490 e. The van der Waals surface area contributed by atoms with Gasteiger partial charge in [0.15, 0.2) is 5.78 Å². The molecule has 162 valence electrons. The van der Waals surface area contributed by atoms with Crippen molar-refractivity contribution in [2.45, 2.75) is 78.9 Å². The van der Waals surface area contributed by atoms with Crippen LogP contribution in [-0.2, 0) is 6.42 Å². The Bertz CT molecular complexity index is 830. The molecule has 0 radical (unpaired) electrons. The van der Waals surface area contributed by atoms with Crippen LogP contribution in [0.15, 0.2) is 48.5 Å². The Labute approximate surface area is 182 Å². The van der Waals surface area contributed by atoms with E-state index in [0.29, 0.717) is 11.3 Å². The second-order valence-electron chi connectivity index (χ2n) is 7.53. The molecule has 2 aromatic rings. The van der Waals surface area contributed by atoms with E-state index in [1.54, 1.807) is 6.08 Å². The van der Waals surface area contributed by atoms with Gasteiger partial charge in [-0.15, -0.1) is 0 Å². The smallest absolute Gasteiger partial charge is 0.189 e. The maximum atomic E-state index is 13.0. The van der Waals surface area contributed by atoms with Crippen molar-refractivity contribution in [1.29, 1.82) is 0 Å². The lowest BCUT2D eigenvalue weighted by Crippen LogP contribution is -2.15. The number of carbonyl (C=O) groups is 1. The number of para-hydroxylation sites is 1. The van der Waals surface area contributed by atoms with Crippen LogP contribution in [0.1, 0.15) is 81.8 Å². The number of hydrogen-bond acceptors (Lipinski definition) is 3. The van der Waals surface area contributed by atoms with Crippen LogP contribution in [0.2, 0.25) is 0 Å². The molecule has 0 bridgehead atoms. The van der Waals surface area contributed by atoms with Gasteiger partial charge in [-0.3, -0.25) is 4.79 Å². The molecule has 0 saturated heterocycles. The fourth-order valence-electron chi connectivity index (χ4n) is 3.35. The van der Waals surface area contributed by atoms with Gasteiger partial charge in [0.2, 0.25) is 0 Å². The van der Waals surface area contributed by atoms with Crippen LogP contribution in [0.3, 0.4) is 0 Å². The summed E-state index contributed by atoms with van der Waals surface area (Å²) in [6, 6.07) is 13.7. The SMILES string of the molecule is CCc1ccc(OC(CC)CC)c(/C=C/C(=O)c2ccccc2OC(CC)CC)c1. The van der Waals surface area contributed by atoms with Crippen molar-refractivity contribution in [3.63, 3.8) is 0 Å². The molecule has 0 aliphatic carbocycles. The summed E-state index contributed by atoms with van der Waals surface area (Å²) in [5, 5.41) is 0. The van der Waals surface area contributed by atoms with E-state index >= 15 is 0 Å². The Morgan fingerprint density at radius 2 is 1.43 bits per heavy atom. The van der Waals surface area contributed by atoms with Crippen LogP contribution in [0.25, 0.3) is 6.08 Å². The average Bonchev–Trinajstić information content (AvgIpc) is 2.79. The minimum absolute atomic E-state index is 0.0630. The van der Waals surface area contributed by atoms with Crippen molar-refractivity contribution in [2.24, 2.45) is 0 Å². The van der Waals surface area contributed by atoms with Crippen LogP contribution >= 0.6 is 0 Å². The van der Waals surface area contributed by atoms with Crippen molar-refractivity contribution in [3.8, 4) is 11.5 Å². The lowest BCUT2D eigenvalue weighted by molar-refractivity contribution is 0.103. The van der Waals surface area contributed by atoms with E-state index in [-0.39, 0.29) is 18.0 Å². The predicted octanol–water partition coefficient (Wildman–Crippen LogP) is 7.28. The Morgan fingerprint density at radius 3 is 2.03 bits per heavy atom. The Balaban J connectivity index is 2.30. The van der Waals surface area contributed by atoms with Gasteiger partial charge in [0.25, 0.3) is 0 Å². The zero-order chi connectivity index (χ0) is 21.9. The Kier molecular flexibility index (Phi) is 9.66. The number of allylic oxidation sites excluding steroid dienone is 1. The van der Waals surface area contributed by atoms with E-state index in [1.807, 2.05) is 36.4 Å². The third-order valence-corrected chi connectivity index (χ3v) is 5.46. The van der Waals surface area contributed by atoms with Gasteiger partial charge in [0.05, 0.1) is 17.8 Å². The van der Waals surface area contributed by atoms with Crippen molar-refractivity contribution in [3.05, 3.63) is 65.2 Å². The monoisotopic (exact) mass is 408 g/mol. The summed E-state index contributed by atoms with van der Waals surface area (Å²) in [7, 11) is 0. The molecule has 0 aliphatic rings. The lowest BCUT2D eigenvalue weighted by Gasteiger charge is -2.18. The second kappa shape index (κ2) is 12.2. The summed E-state index contributed by atoms with van der Waals surface area (Å²) in [5.41, 5.74) is 2.75. The zero-order valence-corrected chi connectivity index (χ0v) is 19.1. The maximum absolute atomic E-state index is 13.0. The molecule has 0 N–H and O–H groups in total. The van der Waals surface area contributed by atoms with Gasteiger partial charge in [-0.05, 0) is 74.1 Å². The number of benzene rings is 2. The Hall–Kier alpha value is -2.55. The minimum atomic E-state index is -0.0630. The summed E-state index contributed by atoms with van der Waals surface area (Å²) >= 11 is 0. The van der Waals surface area contributed by atoms with E-state index in [0.717, 1.165) is 43.4 Å². The van der Waals surface area contributed by atoms with Crippen molar-refractivity contribution in [2.75, 3.05) is 0 Å². The first kappa shape index (κ1) is 23.7. The first-order valence-electron chi connectivity index (χ1n) is 11.3. The van der Waals surface area contributed by atoms with E-state index in [9.17, 15) is 4.79 Å². The third-order valence-electron chi connectivity index (χ3n) is 5.46. The molecule has 0 aliphatic heterocycles. The summed E-state index contributed by atoms with van der Waals surface area (Å²) in [6.45, 7) is 10.6. The highest BCUT2D eigenvalue weighted by molar-refractivity contribution is 6.08. The summed E-state index contributed by atoms with van der Waals surface area (Å²) in [6.07, 6.45) is 8.45. The van der Waals surface area contributed by atoms with Gasteiger partial charge in [0, 0.05) is 5.56 Å². The molecule has 0 heterocycles. The van der Waals surface area contributed by atoms with Gasteiger partial charge in [0.1, 0.15) is 11.5 Å². The number of ketones is 1. The highest BCUT2D eigenvalue weighted by Gasteiger charge is 2.14. The fourth-order valence-corrected chi connectivity index (χ4v) is 3.35.